The predicted octanol–water partition coefficient (Wildman–Crippen LogP) is -0.257. The number of aromatic nitrogens is 1. The Labute approximate surface area is 126 Å². The molecule has 114 valence electrons. The fourth-order valence-electron chi connectivity index (χ4n) is 1.85. The highest BCUT2D eigenvalue weighted by atomic mass is 35.5. The third-order valence-electron chi connectivity index (χ3n) is 3.15. The highest BCUT2D eigenvalue weighted by Gasteiger charge is 2.47. The van der Waals surface area contributed by atoms with Gasteiger partial charge in [0, 0.05) is 6.20 Å². The first-order valence-electron chi connectivity index (χ1n) is 5.85. The highest BCUT2D eigenvalue weighted by molar-refractivity contribution is 7.89. The minimum Gasteiger partial charge on any atom is -0.382 e. The number of hydrogen-bond acceptors (Lipinski definition) is 6. The van der Waals surface area contributed by atoms with E-state index in [0.717, 1.165) is 16.6 Å². The molecule has 8 nitrogen and oxygen atoms in total. The molecule has 1 aliphatic heterocycles. The van der Waals surface area contributed by atoms with Crippen LogP contribution in [0, 0.1) is 0 Å². The Morgan fingerprint density at radius 3 is 2.62 bits per heavy atom. The number of carbonyl (C=O) groups is 2. The molecule has 1 aliphatic rings. The van der Waals surface area contributed by atoms with Crippen LogP contribution >= 0.6 is 11.6 Å². The topological polar surface area (TPSA) is 122 Å². The van der Waals surface area contributed by atoms with Crippen LogP contribution in [0.4, 0.5) is 5.82 Å². The number of hydrogen-bond donors (Lipinski definition) is 2. The lowest BCUT2D eigenvalue weighted by Crippen LogP contribution is -2.65. The molecule has 0 radical (unpaired) electrons. The molecular weight excluding hydrogens is 320 g/mol. The summed E-state index contributed by atoms with van der Waals surface area (Å²) in [6.07, 6.45) is 1.03. The first-order valence-corrected chi connectivity index (χ1v) is 7.67. The third-order valence-corrected chi connectivity index (χ3v) is 5.44. The van der Waals surface area contributed by atoms with Gasteiger partial charge < -0.3 is 5.73 Å². The smallest absolute Gasteiger partial charge is 0.247 e. The number of carbonyl (C=O) groups excluding carboxylic acids is 2. The lowest BCUT2D eigenvalue weighted by atomic mass is 10.0. The normalized spacial score (nSPS) is 19.4. The zero-order valence-electron chi connectivity index (χ0n) is 11.3. The van der Waals surface area contributed by atoms with E-state index in [0.29, 0.717) is 0 Å². The molecule has 1 fully saturated rings. The number of nitrogens with two attached hydrogens (primary N) is 1. The van der Waals surface area contributed by atoms with Crippen LogP contribution in [0.1, 0.15) is 13.8 Å². The summed E-state index contributed by atoms with van der Waals surface area (Å²) in [4.78, 5) is 26.7. The van der Waals surface area contributed by atoms with Crippen molar-refractivity contribution in [2.45, 2.75) is 24.3 Å². The number of pyridine rings is 1. The molecule has 1 aromatic heterocycles. The van der Waals surface area contributed by atoms with E-state index in [1.165, 1.54) is 13.8 Å². The summed E-state index contributed by atoms with van der Waals surface area (Å²) in [5, 5.41) is 2.07. The molecule has 2 heterocycles. The summed E-state index contributed by atoms with van der Waals surface area (Å²) in [6, 6.07) is 1.13. The molecule has 0 bridgehead atoms. The van der Waals surface area contributed by atoms with Gasteiger partial charge in [0.25, 0.3) is 0 Å². The van der Waals surface area contributed by atoms with Crippen LogP contribution < -0.4 is 11.1 Å². The Hall–Kier alpha value is -1.71. The van der Waals surface area contributed by atoms with Crippen LogP contribution in [0.3, 0.4) is 0 Å². The molecule has 0 aliphatic carbocycles. The minimum absolute atomic E-state index is 0.0117. The monoisotopic (exact) mass is 332 g/mol. The molecule has 10 heteroatoms. The van der Waals surface area contributed by atoms with Crippen LogP contribution in [0.5, 0.6) is 0 Å². The number of anilines is 1. The van der Waals surface area contributed by atoms with E-state index in [-0.39, 0.29) is 15.7 Å². The van der Waals surface area contributed by atoms with Crippen molar-refractivity contribution in [2.75, 3.05) is 12.3 Å². The molecule has 0 unspecified atom stereocenters. The molecule has 2 rings (SSSR count). The molecule has 3 N–H and O–H groups in total. The minimum atomic E-state index is -4.13. The quantitative estimate of drug-likeness (QED) is 0.719. The van der Waals surface area contributed by atoms with Gasteiger partial charge in [0.1, 0.15) is 16.3 Å². The molecule has 2 amide bonds. The van der Waals surface area contributed by atoms with Crippen molar-refractivity contribution >= 4 is 39.3 Å². The molecule has 1 aromatic rings. The maximum absolute atomic E-state index is 12.6. The first kappa shape index (κ1) is 15.7. The van der Waals surface area contributed by atoms with E-state index in [2.05, 4.69) is 10.3 Å². The Kier molecular flexibility index (Phi) is 3.68. The fraction of sp³-hybridized carbons (Fsp3) is 0.364. The summed E-state index contributed by atoms with van der Waals surface area (Å²) in [5.41, 5.74) is 4.02. The van der Waals surface area contributed by atoms with Gasteiger partial charge in [-0.05, 0) is 19.9 Å². The number of halogens is 1. The fourth-order valence-corrected chi connectivity index (χ4v) is 3.75. The second-order valence-electron chi connectivity index (χ2n) is 4.99. The molecular formula is C11H13ClN4O4S. The second kappa shape index (κ2) is 4.93. The molecule has 0 spiro atoms. The summed E-state index contributed by atoms with van der Waals surface area (Å²) in [6.45, 7) is 2.33. The van der Waals surface area contributed by atoms with E-state index in [1.54, 1.807) is 0 Å². The average molecular weight is 333 g/mol. The van der Waals surface area contributed by atoms with Crippen molar-refractivity contribution in [1.82, 2.24) is 14.6 Å². The number of imide groups is 1. The van der Waals surface area contributed by atoms with E-state index < -0.39 is 33.9 Å². The number of nitrogens with one attached hydrogen (secondary N) is 1. The Bertz CT molecular complexity index is 732. The average Bonchev–Trinajstić information content (AvgIpc) is 2.37. The van der Waals surface area contributed by atoms with Crippen molar-refractivity contribution < 1.29 is 18.0 Å². The number of amides is 2. The van der Waals surface area contributed by atoms with Crippen molar-refractivity contribution in [3.05, 3.63) is 17.3 Å². The molecule has 21 heavy (non-hydrogen) atoms. The maximum atomic E-state index is 12.6. The van der Waals surface area contributed by atoms with Gasteiger partial charge in [-0.1, -0.05) is 11.6 Å². The van der Waals surface area contributed by atoms with Crippen molar-refractivity contribution in [3.8, 4) is 0 Å². The van der Waals surface area contributed by atoms with Gasteiger partial charge >= 0.3 is 0 Å². The SMILES string of the molecule is CC1(C)C(=O)NC(=O)CN1S(=O)(=O)c1cnc(N)c(Cl)c1. The lowest BCUT2D eigenvalue weighted by Gasteiger charge is -2.38. The van der Waals surface area contributed by atoms with Crippen LogP contribution in [0.25, 0.3) is 0 Å². The zero-order chi connectivity index (χ0) is 16.0. The van der Waals surface area contributed by atoms with Gasteiger partial charge in [-0.25, -0.2) is 13.4 Å². The van der Waals surface area contributed by atoms with E-state index >= 15 is 0 Å². The van der Waals surface area contributed by atoms with E-state index in [1.807, 2.05) is 0 Å². The number of nitrogen functional groups attached to an aromatic ring is 1. The second-order valence-corrected chi connectivity index (χ2v) is 7.26. The van der Waals surface area contributed by atoms with Crippen LogP contribution in [0.2, 0.25) is 5.02 Å². The van der Waals surface area contributed by atoms with Crippen molar-refractivity contribution in [1.29, 1.82) is 0 Å². The molecule has 0 atom stereocenters. The highest BCUT2D eigenvalue weighted by Crippen LogP contribution is 2.28. The van der Waals surface area contributed by atoms with Crippen LogP contribution in [-0.2, 0) is 19.6 Å². The lowest BCUT2D eigenvalue weighted by molar-refractivity contribution is -0.141. The first-order chi connectivity index (χ1) is 9.56. The van der Waals surface area contributed by atoms with Gasteiger partial charge in [-0.2, -0.15) is 4.31 Å². The van der Waals surface area contributed by atoms with Crippen LogP contribution in [-0.4, -0.2) is 41.6 Å². The maximum Gasteiger partial charge on any atom is 0.247 e. The number of sulfonamides is 1. The Morgan fingerprint density at radius 1 is 1.43 bits per heavy atom. The van der Waals surface area contributed by atoms with Crippen molar-refractivity contribution in [2.24, 2.45) is 0 Å². The number of piperazine rings is 1. The van der Waals surface area contributed by atoms with Gasteiger partial charge in [0.15, 0.2) is 0 Å². The van der Waals surface area contributed by atoms with Gasteiger partial charge in [-0.3, -0.25) is 14.9 Å². The Morgan fingerprint density at radius 2 is 2.05 bits per heavy atom. The van der Waals surface area contributed by atoms with E-state index in [4.69, 9.17) is 17.3 Å². The van der Waals surface area contributed by atoms with Crippen LogP contribution in [0.15, 0.2) is 17.2 Å². The summed E-state index contributed by atoms with van der Waals surface area (Å²) in [5.74, 6) is -1.41. The van der Waals surface area contributed by atoms with Crippen molar-refractivity contribution in [3.63, 3.8) is 0 Å². The zero-order valence-corrected chi connectivity index (χ0v) is 12.8. The summed E-state index contributed by atoms with van der Waals surface area (Å²) in [7, 11) is -4.13. The standard InChI is InChI=1S/C11H13ClN4O4S/c1-11(2)10(18)15-8(17)5-16(11)21(19,20)6-3-7(12)9(13)14-4-6/h3-4H,5H2,1-2H3,(H2,13,14)(H,15,17,18). The van der Waals surface area contributed by atoms with Gasteiger partial charge in [0.2, 0.25) is 21.8 Å². The Balaban J connectivity index is 2.53. The largest absolute Gasteiger partial charge is 0.382 e. The predicted molar refractivity (Wildman–Crippen MR) is 74.8 cm³/mol. The van der Waals surface area contributed by atoms with Gasteiger partial charge in [-0.15, -0.1) is 0 Å². The van der Waals surface area contributed by atoms with Gasteiger partial charge in [0.05, 0.1) is 11.6 Å². The van der Waals surface area contributed by atoms with E-state index in [9.17, 15) is 18.0 Å². The molecule has 0 aromatic carbocycles. The summed E-state index contributed by atoms with van der Waals surface area (Å²) >= 11 is 5.77. The summed E-state index contributed by atoms with van der Waals surface area (Å²) < 4.78 is 26.0. The molecule has 0 saturated carbocycles. The number of rotatable bonds is 2. The number of nitrogens with zero attached hydrogens (tertiary/aromatic N) is 2. The third kappa shape index (κ3) is 2.59. The molecule has 1 saturated heterocycles.